The summed E-state index contributed by atoms with van der Waals surface area (Å²) in [5.74, 6) is -1.61. The molecule has 0 aliphatic rings. The molecular weight excluding hydrogens is 317 g/mol. The molecule has 0 heterocycles. The maximum absolute atomic E-state index is 13.4. The molecule has 1 rings (SSSR count). The van der Waals surface area contributed by atoms with Crippen LogP contribution in [0.5, 0.6) is 0 Å². The summed E-state index contributed by atoms with van der Waals surface area (Å²) in [6.45, 7) is 5.10. The first-order chi connectivity index (χ1) is 11.1. The number of hydrogen-bond donors (Lipinski definition) is 1. The van der Waals surface area contributed by atoms with Crippen molar-refractivity contribution in [2.24, 2.45) is 0 Å². The van der Waals surface area contributed by atoms with Gasteiger partial charge in [0.15, 0.2) is 0 Å². The van der Waals surface area contributed by atoms with E-state index >= 15 is 0 Å². The Morgan fingerprint density at radius 2 is 1.92 bits per heavy atom. The Labute approximate surface area is 140 Å². The maximum atomic E-state index is 13.4. The molecule has 1 aromatic rings. The fraction of sp³-hybridized carbons (Fsp3) is 0.471. The highest BCUT2D eigenvalue weighted by molar-refractivity contribution is 5.95. The number of halogens is 1. The van der Waals surface area contributed by atoms with Crippen LogP contribution in [-0.4, -0.2) is 30.6 Å². The van der Waals surface area contributed by atoms with Crippen LogP contribution in [0.2, 0.25) is 0 Å². The molecule has 132 valence electrons. The lowest BCUT2D eigenvalue weighted by Crippen LogP contribution is -2.36. The number of rotatable bonds is 6. The van der Waals surface area contributed by atoms with Gasteiger partial charge in [-0.1, -0.05) is 12.1 Å². The molecule has 1 atom stereocenters. The molecule has 6 nitrogen and oxygen atoms in total. The van der Waals surface area contributed by atoms with Crippen molar-refractivity contribution in [1.82, 2.24) is 5.32 Å². The Kier molecular flexibility index (Phi) is 6.88. The zero-order chi connectivity index (χ0) is 18.3. The van der Waals surface area contributed by atoms with Gasteiger partial charge in [-0.2, -0.15) is 0 Å². The van der Waals surface area contributed by atoms with Gasteiger partial charge in [0.1, 0.15) is 23.6 Å². The maximum Gasteiger partial charge on any atom is 0.408 e. The molecular formula is C17H22FNO5. The van der Waals surface area contributed by atoms with Crippen LogP contribution in [0.1, 0.15) is 45.2 Å². The highest BCUT2D eigenvalue weighted by atomic mass is 19.1. The van der Waals surface area contributed by atoms with Gasteiger partial charge in [-0.05, 0) is 38.5 Å². The van der Waals surface area contributed by atoms with E-state index in [-0.39, 0.29) is 6.42 Å². The summed E-state index contributed by atoms with van der Waals surface area (Å²) in [4.78, 5) is 35.1. The summed E-state index contributed by atoms with van der Waals surface area (Å²) in [7, 11) is 1.18. The predicted molar refractivity (Wildman–Crippen MR) is 84.8 cm³/mol. The van der Waals surface area contributed by atoms with E-state index in [1.807, 2.05) is 0 Å². The fourth-order valence-corrected chi connectivity index (χ4v) is 1.96. The molecule has 0 bridgehead atoms. The second-order valence-corrected chi connectivity index (χ2v) is 6.25. The van der Waals surface area contributed by atoms with Gasteiger partial charge in [-0.3, -0.25) is 9.59 Å². The van der Waals surface area contributed by atoms with Crippen molar-refractivity contribution in [1.29, 1.82) is 0 Å². The van der Waals surface area contributed by atoms with Gasteiger partial charge in [0.25, 0.3) is 0 Å². The lowest BCUT2D eigenvalue weighted by molar-refractivity contribution is -0.143. The minimum Gasteiger partial charge on any atom is -0.469 e. The largest absolute Gasteiger partial charge is 0.469 e. The van der Waals surface area contributed by atoms with Gasteiger partial charge < -0.3 is 14.8 Å². The van der Waals surface area contributed by atoms with Crippen molar-refractivity contribution < 1.29 is 28.2 Å². The number of hydrogen-bond acceptors (Lipinski definition) is 5. The van der Waals surface area contributed by atoms with E-state index in [1.165, 1.54) is 25.3 Å². The lowest BCUT2D eigenvalue weighted by atomic mass is 10.00. The standard InChI is InChI=1S/C17H22FNO5/c1-17(2,3)24-16(22)19-14(9-13(20)10-15(21)23-4)11-6-5-7-12(18)8-11/h5-8,14H,9-10H2,1-4H3,(H,19,22). The van der Waals surface area contributed by atoms with E-state index in [9.17, 15) is 18.8 Å². The number of alkyl carbamates (subject to hydrolysis) is 1. The normalized spacial score (nSPS) is 12.2. The van der Waals surface area contributed by atoms with Crippen molar-refractivity contribution in [2.75, 3.05) is 7.11 Å². The van der Waals surface area contributed by atoms with Crippen molar-refractivity contribution in [3.8, 4) is 0 Å². The number of carbonyl (C=O) groups excluding carboxylic acids is 3. The third-order valence-electron chi connectivity index (χ3n) is 2.94. The van der Waals surface area contributed by atoms with Crippen molar-refractivity contribution >= 4 is 17.8 Å². The second-order valence-electron chi connectivity index (χ2n) is 6.25. The molecule has 0 spiro atoms. The number of ether oxygens (including phenoxy) is 2. The molecule has 1 N–H and O–H groups in total. The molecule has 0 aromatic heterocycles. The van der Waals surface area contributed by atoms with E-state index in [2.05, 4.69) is 10.1 Å². The van der Waals surface area contributed by atoms with Gasteiger partial charge >= 0.3 is 12.1 Å². The number of esters is 1. The van der Waals surface area contributed by atoms with Gasteiger partial charge in [-0.25, -0.2) is 9.18 Å². The van der Waals surface area contributed by atoms with E-state index < -0.39 is 41.7 Å². The van der Waals surface area contributed by atoms with Gasteiger partial charge in [-0.15, -0.1) is 0 Å². The molecule has 1 aromatic carbocycles. The van der Waals surface area contributed by atoms with Crippen LogP contribution < -0.4 is 5.32 Å². The number of nitrogens with one attached hydrogen (secondary N) is 1. The van der Waals surface area contributed by atoms with E-state index in [4.69, 9.17) is 4.74 Å². The van der Waals surface area contributed by atoms with Crippen LogP contribution in [0.3, 0.4) is 0 Å². The summed E-state index contributed by atoms with van der Waals surface area (Å²) < 4.78 is 23.0. The Morgan fingerprint density at radius 3 is 2.46 bits per heavy atom. The molecule has 0 saturated heterocycles. The molecule has 1 amide bonds. The monoisotopic (exact) mass is 339 g/mol. The number of Topliss-reactive ketones (excluding diaryl/α,β-unsaturated/α-hetero) is 1. The molecule has 0 fully saturated rings. The number of methoxy groups -OCH3 is 1. The smallest absolute Gasteiger partial charge is 0.408 e. The minimum atomic E-state index is -0.812. The Morgan fingerprint density at radius 1 is 1.25 bits per heavy atom. The van der Waals surface area contributed by atoms with Crippen LogP contribution in [0.25, 0.3) is 0 Å². The molecule has 0 aliphatic carbocycles. The van der Waals surface area contributed by atoms with Crippen molar-refractivity contribution in [3.05, 3.63) is 35.6 Å². The number of carbonyl (C=O) groups is 3. The Hall–Kier alpha value is -2.44. The summed E-state index contributed by atoms with van der Waals surface area (Å²) in [6, 6.07) is 4.71. The molecule has 7 heteroatoms. The van der Waals surface area contributed by atoms with E-state index in [1.54, 1.807) is 26.8 Å². The summed E-state index contributed by atoms with van der Waals surface area (Å²) in [5.41, 5.74) is -0.314. The molecule has 1 unspecified atom stereocenters. The van der Waals surface area contributed by atoms with E-state index in [0.29, 0.717) is 5.56 Å². The van der Waals surface area contributed by atoms with Crippen LogP contribution in [0.4, 0.5) is 9.18 Å². The number of benzene rings is 1. The average molecular weight is 339 g/mol. The van der Waals surface area contributed by atoms with E-state index in [0.717, 1.165) is 0 Å². The zero-order valence-electron chi connectivity index (χ0n) is 14.2. The quantitative estimate of drug-likeness (QED) is 0.636. The highest BCUT2D eigenvalue weighted by Gasteiger charge is 2.23. The third-order valence-corrected chi connectivity index (χ3v) is 2.94. The van der Waals surface area contributed by atoms with Crippen LogP contribution >= 0.6 is 0 Å². The van der Waals surface area contributed by atoms with Crippen molar-refractivity contribution in [3.63, 3.8) is 0 Å². The van der Waals surface area contributed by atoms with Crippen molar-refractivity contribution in [2.45, 2.75) is 45.3 Å². The fourth-order valence-electron chi connectivity index (χ4n) is 1.96. The topological polar surface area (TPSA) is 81.7 Å². The first kappa shape index (κ1) is 19.6. The molecule has 0 saturated carbocycles. The van der Waals surface area contributed by atoms with Gasteiger partial charge in [0, 0.05) is 6.42 Å². The zero-order valence-corrected chi connectivity index (χ0v) is 14.2. The number of ketones is 1. The van der Waals surface area contributed by atoms with Gasteiger partial charge in [0.2, 0.25) is 0 Å². The van der Waals surface area contributed by atoms with Crippen LogP contribution in [0, 0.1) is 5.82 Å². The average Bonchev–Trinajstić information content (AvgIpc) is 2.44. The van der Waals surface area contributed by atoms with Gasteiger partial charge in [0.05, 0.1) is 13.2 Å². The Bertz CT molecular complexity index is 609. The van der Waals surface area contributed by atoms with Crippen LogP contribution in [0.15, 0.2) is 24.3 Å². The Balaban J connectivity index is 2.89. The first-order valence-electron chi connectivity index (χ1n) is 7.44. The SMILES string of the molecule is COC(=O)CC(=O)CC(NC(=O)OC(C)(C)C)c1cccc(F)c1. The molecule has 0 radical (unpaired) electrons. The number of amides is 1. The lowest BCUT2D eigenvalue weighted by Gasteiger charge is -2.23. The summed E-state index contributed by atoms with van der Waals surface area (Å²) in [6.07, 6.45) is -1.33. The van der Waals surface area contributed by atoms with Crippen LogP contribution in [-0.2, 0) is 19.1 Å². The second kappa shape index (κ2) is 8.42. The summed E-state index contributed by atoms with van der Waals surface area (Å²) in [5, 5.41) is 2.54. The third kappa shape index (κ3) is 7.21. The molecule has 24 heavy (non-hydrogen) atoms. The molecule has 0 aliphatic heterocycles. The first-order valence-corrected chi connectivity index (χ1v) is 7.44. The highest BCUT2D eigenvalue weighted by Crippen LogP contribution is 2.20. The summed E-state index contributed by atoms with van der Waals surface area (Å²) >= 11 is 0. The predicted octanol–water partition coefficient (Wildman–Crippen LogP) is 2.91. The minimum absolute atomic E-state index is 0.183.